The van der Waals surface area contributed by atoms with E-state index in [0.29, 0.717) is 23.5 Å². The SMILES string of the molecule is Cc1c(C)c2c(c(C)c1OC(=O)CCC(=O)NCCCCC(CN=O)COO[CH2][Sb])CCC(C)(CCCC(C)CCCC(C)CCCC(C)C)O2. The van der Waals surface area contributed by atoms with E-state index in [1.54, 1.807) is 0 Å². The first kappa shape index (κ1) is 45.5. The van der Waals surface area contributed by atoms with Crippen LogP contribution in [0.3, 0.4) is 0 Å². The second-order valence-electron chi connectivity index (χ2n) is 16.0. The van der Waals surface area contributed by atoms with Crippen molar-refractivity contribution in [2.45, 2.75) is 164 Å². The summed E-state index contributed by atoms with van der Waals surface area (Å²) < 4.78 is 13.2. The third-order valence-corrected chi connectivity index (χ3v) is 11.0. The van der Waals surface area contributed by atoms with Crippen molar-refractivity contribution < 1.29 is 28.8 Å². The van der Waals surface area contributed by atoms with Crippen LogP contribution in [0.1, 0.15) is 153 Å². The largest absolute Gasteiger partial charge is 0.487 e. The summed E-state index contributed by atoms with van der Waals surface area (Å²) in [6.45, 7) is 18.8. The Morgan fingerprint density at radius 3 is 2.18 bits per heavy atom. The Kier molecular flexibility index (Phi) is 21.9. The second-order valence-corrected chi connectivity index (χ2v) is 16.7. The molecule has 4 atom stereocenters. The molecule has 51 heavy (non-hydrogen) atoms. The molecule has 1 aliphatic heterocycles. The zero-order valence-electron chi connectivity index (χ0n) is 33.2. The number of rotatable bonds is 27. The molecule has 0 bridgehead atoms. The van der Waals surface area contributed by atoms with Crippen LogP contribution in [0, 0.1) is 49.3 Å². The third-order valence-electron chi connectivity index (χ3n) is 10.7. The standard InChI is InChI=1S/C41H69N2O7.Sb/c1-29(2)15-12-16-30(3)17-13-18-31(4)19-14-24-41(8)25-23-36-34(7)39(32(5)33(6)40(36)50-41)49-38(45)22-21-37(44)42-26-11-10-20-35(27-43-46)28-48-47-9;/h29-31,35H,9-28H2,1-8H3,(H,42,44);. The number of hydrogen-bond donors (Lipinski definition) is 1. The predicted octanol–water partition coefficient (Wildman–Crippen LogP) is 9.56. The van der Waals surface area contributed by atoms with Gasteiger partial charge < -0.3 is 9.47 Å². The Morgan fingerprint density at radius 2 is 1.53 bits per heavy atom. The van der Waals surface area contributed by atoms with Gasteiger partial charge in [0.25, 0.3) is 0 Å². The molecule has 1 aromatic rings. The van der Waals surface area contributed by atoms with Gasteiger partial charge in [0, 0.05) is 5.56 Å². The molecule has 2 rings (SSSR count). The van der Waals surface area contributed by atoms with Gasteiger partial charge in [-0.2, -0.15) is 0 Å². The van der Waals surface area contributed by atoms with Gasteiger partial charge in [-0.3, -0.25) is 4.79 Å². The molecule has 290 valence electrons. The second kappa shape index (κ2) is 24.6. The Morgan fingerprint density at radius 1 is 0.863 bits per heavy atom. The average Bonchev–Trinajstić information content (AvgIpc) is 3.08. The number of nitrogens with one attached hydrogen (secondary N) is 1. The number of amides is 1. The molecule has 1 aliphatic rings. The number of fused-ring (bicyclic) bond motifs is 1. The van der Waals surface area contributed by atoms with Crippen molar-refractivity contribution in [3.8, 4) is 11.5 Å². The van der Waals surface area contributed by atoms with Gasteiger partial charge in [-0.15, -0.1) is 0 Å². The van der Waals surface area contributed by atoms with Crippen LogP contribution in [0.5, 0.6) is 11.5 Å². The molecule has 1 aromatic carbocycles. The summed E-state index contributed by atoms with van der Waals surface area (Å²) in [6.07, 6.45) is 15.8. The van der Waals surface area contributed by atoms with Crippen molar-refractivity contribution in [2.24, 2.45) is 28.8 Å². The Bertz CT molecular complexity index is 1210. The van der Waals surface area contributed by atoms with Gasteiger partial charge in [0.1, 0.15) is 17.1 Å². The number of carbonyl (C=O) groups excluding carboxylic acids is 2. The number of carbonyl (C=O) groups is 2. The quantitative estimate of drug-likeness (QED) is 0.0179. The molecular formula is C41H69N2O7Sb. The van der Waals surface area contributed by atoms with E-state index in [-0.39, 0.29) is 36.8 Å². The molecule has 1 N–H and O–H groups in total. The maximum atomic E-state index is 12.9. The number of esters is 1. The average molecular weight is 824 g/mol. The smallest absolute Gasteiger partial charge is 0.107 e. The van der Waals surface area contributed by atoms with Gasteiger partial charge in [-0.05, 0) is 87.8 Å². The van der Waals surface area contributed by atoms with Crippen LogP contribution in [-0.4, -0.2) is 64.7 Å². The van der Waals surface area contributed by atoms with E-state index in [9.17, 15) is 14.5 Å². The first-order valence-corrected chi connectivity index (χ1v) is 21.5. The van der Waals surface area contributed by atoms with Crippen LogP contribution in [-0.2, 0) is 25.8 Å². The molecule has 0 saturated heterocycles. The molecule has 1 amide bonds. The van der Waals surface area contributed by atoms with E-state index in [4.69, 9.17) is 19.2 Å². The van der Waals surface area contributed by atoms with Gasteiger partial charge in [0.2, 0.25) is 0 Å². The monoisotopic (exact) mass is 822 g/mol. The summed E-state index contributed by atoms with van der Waals surface area (Å²) >= 11 is 1.49. The maximum Gasteiger partial charge on any atom is 0.107 e. The topological polar surface area (TPSA) is 113 Å². The fraction of sp³-hybridized carbons (Fsp3) is 0.805. The first-order chi connectivity index (χ1) is 24.3. The van der Waals surface area contributed by atoms with E-state index in [0.717, 1.165) is 84.3 Å². The Hall–Kier alpha value is -1.70. The molecule has 0 spiro atoms. The van der Waals surface area contributed by atoms with Crippen LogP contribution in [0.2, 0.25) is 0 Å². The minimum absolute atomic E-state index is 0.00230. The molecule has 10 heteroatoms. The van der Waals surface area contributed by atoms with Crippen molar-refractivity contribution in [1.82, 2.24) is 5.32 Å². The number of hydrogen-bond acceptors (Lipinski definition) is 8. The van der Waals surface area contributed by atoms with E-state index >= 15 is 0 Å². The number of nitrogens with zero attached hydrogens (tertiary/aromatic N) is 1. The van der Waals surface area contributed by atoms with Gasteiger partial charge in [-0.25, -0.2) is 0 Å². The van der Waals surface area contributed by atoms with E-state index < -0.39 is 5.97 Å². The van der Waals surface area contributed by atoms with Gasteiger partial charge in [-0.1, -0.05) is 72.6 Å². The van der Waals surface area contributed by atoms with E-state index in [1.807, 2.05) is 13.8 Å². The van der Waals surface area contributed by atoms with Crippen molar-refractivity contribution in [1.29, 1.82) is 0 Å². The normalized spacial score (nSPS) is 17.4. The predicted molar refractivity (Wildman–Crippen MR) is 206 cm³/mol. The fourth-order valence-electron chi connectivity index (χ4n) is 7.18. The molecule has 4 unspecified atom stereocenters. The van der Waals surface area contributed by atoms with Crippen molar-refractivity contribution in [3.63, 3.8) is 0 Å². The van der Waals surface area contributed by atoms with Crippen molar-refractivity contribution >= 4 is 34.9 Å². The maximum absolute atomic E-state index is 12.9. The van der Waals surface area contributed by atoms with Crippen LogP contribution >= 0.6 is 0 Å². The number of benzene rings is 1. The Balaban J connectivity index is 1.77. The summed E-state index contributed by atoms with van der Waals surface area (Å²) in [5, 5.41) is 5.86. The van der Waals surface area contributed by atoms with Crippen LogP contribution in [0.25, 0.3) is 0 Å². The van der Waals surface area contributed by atoms with E-state index in [1.165, 1.54) is 74.4 Å². The summed E-state index contributed by atoms with van der Waals surface area (Å²) in [7, 11) is 0. The van der Waals surface area contributed by atoms with Gasteiger partial charge >= 0.3 is 121 Å². The van der Waals surface area contributed by atoms with Crippen LogP contribution < -0.4 is 14.8 Å². The van der Waals surface area contributed by atoms with Gasteiger partial charge in [0.05, 0.1) is 6.42 Å². The van der Waals surface area contributed by atoms with Crippen molar-refractivity contribution in [3.05, 3.63) is 27.2 Å². The number of nitroso groups, excluding NO2 is 1. The molecule has 0 aliphatic carbocycles. The molecule has 2 radical (unpaired) electrons. The third kappa shape index (κ3) is 17.3. The molecule has 1 heterocycles. The zero-order valence-corrected chi connectivity index (χ0v) is 35.8. The summed E-state index contributed by atoms with van der Waals surface area (Å²) in [6, 6.07) is 0. The fourth-order valence-corrected chi connectivity index (χ4v) is 7.39. The van der Waals surface area contributed by atoms with Crippen molar-refractivity contribution in [2.75, 3.05) is 24.2 Å². The van der Waals surface area contributed by atoms with Crippen LogP contribution in [0.4, 0.5) is 0 Å². The molecule has 9 nitrogen and oxygen atoms in total. The summed E-state index contributed by atoms with van der Waals surface area (Å²) in [4.78, 5) is 46.0. The molecule has 0 fully saturated rings. The van der Waals surface area contributed by atoms with Crippen LogP contribution in [0.15, 0.2) is 5.18 Å². The van der Waals surface area contributed by atoms with Gasteiger partial charge in [0.15, 0.2) is 0 Å². The Labute approximate surface area is 323 Å². The summed E-state index contributed by atoms with van der Waals surface area (Å²) in [5.41, 5.74) is 3.82. The summed E-state index contributed by atoms with van der Waals surface area (Å²) in [5.74, 6) is 3.35. The minimum atomic E-state index is -0.411. The number of unbranched alkanes of at least 4 members (excludes halogenated alkanes) is 1. The molecule has 0 aromatic heterocycles. The number of ether oxygens (including phenoxy) is 2. The van der Waals surface area contributed by atoms with E-state index in [2.05, 4.69) is 52.0 Å². The minimum Gasteiger partial charge on any atom is -0.487 e. The molecule has 0 saturated carbocycles. The zero-order chi connectivity index (χ0) is 37.8. The first-order valence-electron chi connectivity index (χ1n) is 19.7. The molecular weight excluding hydrogens is 754 g/mol.